The minimum atomic E-state index is -0.212. The first-order chi connectivity index (χ1) is 11.1. The van der Waals surface area contributed by atoms with Gasteiger partial charge in [0.2, 0.25) is 0 Å². The molecule has 0 saturated carbocycles. The van der Waals surface area contributed by atoms with E-state index in [4.69, 9.17) is 16.3 Å². The highest BCUT2D eigenvalue weighted by Crippen LogP contribution is 2.28. The molecule has 8 heteroatoms. The molecule has 1 unspecified atom stereocenters. The second kappa shape index (κ2) is 6.97. The molecule has 0 bridgehead atoms. The summed E-state index contributed by atoms with van der Waals surface area (Å²) in [5.41, 5.74) is 0.901. The Morgan fingerprint density at radius 3 is 3.04 bits per heavy atom. The van der Waals surface area contributed by atoms with Gasteiger partial charge in [-0.1, -0.05) is 29.8 Å². The zero-order valence-electron chi connectivity index (χ0n) is 12.8. The quantitative estimate of drug-likeness (QED) is 0.927. The van der Waals surface area contributed by atoms with Crippen molar-refractivity contribution < 1.29 is 9.53 Å². The Kier molecular flexibility index (Phi) is 4.78. The number of ether oxygens (including phenoxy) is 1. The van der Waals surface area contributed by atoms with E-state index in [1.165, 1.54) is 0 Å². The lowest BCUT2D eigenvalue weighted by molar-refractivity contribution is -0.0154. The second-order valence-corrected chi connectivity index (χ2v) is 5.73. The van der Waals surface area contributed by atoms with Crippen LogP contribution >= 0.6 is 11.6 Å². The molecule has 1 aliphatic rings. The maximum Gasteiger partial charge on any atom is 0.317 e. The summed E-state index contributed by atoms with van der Waals surface area (Å²) in [5, 5.41) is 7.61. The molecule has 2 heterocycles. The largest absolute Gasteiger partial charge is 0.370 e. The van der Waals surface area contributed by atoms with Gasteiger partial charge in [0.15, 0.2) is 5.82 Å². The summed E-state index contributed by atoms with van der Waals surface area (Å²) < 4.78 is 7.36. The van der Waals surface area contributed by atoms with Gasteiger partial charge in [-0.25, -0.2) is 9.78 Å². The minimum absolute atomic E-state index is 0.155. The highest BCUT2D eigenvalue weighted by atomic mass is 35.5. The molecule has 23 heavy (non-hydrogen) atoms. The molecule has 122 valence electrons. The van der Waals surface area contributed by atoms with E-state index in [9.17, 15) is 4.79 Å². The van der Waals surface area contributed by atoms with Gasteiger partial charge in [-0.05, 0) is 6.07 Å². The van der Waals surface area contributed by atoms with Crippen molar-refractivity contribution in [2.75, 3.05) is 19.7 Å². The van der Waals surface area contributed by atoms with Gasteiger partial charge in [0.1, 0.15) is 12.4 Å². The number of morpholine rings is 1. The molecule has 1 N–H and O–H groups in total. The molecule has 2 aromatic rings. The number of rotatable bonds is 3. The van der Waals surface area contributed by atoms with Crippen LogP contribution in [0.2, 0.25) is 5.02 Å². The Morgan fingerprint density at radius 1 is 1.48 bits per heavy atom. The van der Waals surface area contributed by atoms with Gasteiger partial charge in [0.05, 0.1) is 19.7 Å². The van der Waals surface area contributed by atoms with E-state index in [0.717, 1.165) is 5.56 Å². The number of halogens is 1. The molecule has 0 aliphatic carbocycles. The van der Waals surface area contributed by atoms with Crippen molar-refractivity contribution in [3.05, 3.63) is 47.0 Å². The second-order valence-electron chi connectivity index (χ2n) is 5.32. The topological polar surface area (TPSA) is 72.3 Å². The molecule has 0 radical (unpaired) electrons. The Morgan fingerprint density at radius 2 is 2.30 bits per heavy atom. The lowest BCUT2D eigenvalue weighted by atomic mass is 10.1. The third-order valence-electron chi connectivity index (χ3n) is 3.65. The average molecular weight is 336 g/mol. The molecule has 3 rings (SSSR count). The summed E-state index contributed by atoms with van der Waals surface area (Å²) in [7, 11) is 1.79. The Bertz CT molecular complexity index is 690. The fourth-order valence-corrected chi connectivity index (χ4v) is 2.75. The van der Waals surface area contributed by atoms with Crippen molar-refractivity contribution in [3.63, 3.8) is 0 Å². The number of carbonyl (C=O) groups excluding carboxylic acids is 1. The monoisotopic (exact) mass is 335 g/mol. The van der Waals surface area contributed by atoms with Gasteiger partial charge in [0.25, 0.3) is 0 Å². The maximum atomic E-state index is 12.3. The first kappa shape index (κ1) is 15.8. The van der Waals surface area contributed by atoms with Crippen LogP contribution in [0.3, 0.4) is 0 Å². The van der Waals surface area contributed by atoms with Crippen molar-refractivity contribution in [2.45, 2.75) is 12.6 Å². The first-order valence-corrected chi connectivity index (χ1v) is 7.74. The number of nitrogens with one attached hydrogen (secondary N) is 1. The Balaban J connectivity index is 1.59. The van der Waals surface area contributed by atoms with E-state index in [1.807, 2.05) is 24.3 Å². The highest BCUT2D eigenvalue weighted by Gasteiger charge is 2.26. The number of hydrogen-bond acceptors (Lipinski definition) is 4. The summed E-state index contributed by atoms with van der Waals surface area (Å²) in [5.74, 6) is 0.580. The van der Waals surface area contributed by atoms with Crippen molar-refractivity contribution in [2.24, 2.45) is 7.05 Å². The van der Waals surface area contributed by atoms with Crippen LogP contribution in [-0.4, -0.2) is 45.4 Å². The number of carbonyl (C=O) groups is 1. The van der Waals surface area contributed by atoms with Gasteiger partial charge >= 0.3 is 6.03 Å². The van der Waals surface area contributed by atoms with Crippen LogP contribution in [0.4, 0.5) is 4.79 Å². The van der Waals surface area contributed by atoms with Crippen molar-refractivity contribution in [1.82, 2.24) is 25.0 Å². The summed E-state index contributed by atoms with van der Waals surface area (Å²) in [6.45, 7) is 1.78. The van der Waals surface area contributed by atoms with E-state index in [-0.39, 0.29) is 12.1 Å². The Hall–Kier alpha value is -2.12. The number of hydrogen-bond donors (Lipinski definition) is 1. The van der Waals surface area contributed by atoms with E-state index in [1.54, 1.807) is 23.0 Å². The summed E-state index contributed by atoms with van der Waals surface area (Å²) in [6, 6.07) is 7.38. The normalized spacial score (nSPS) is 18.0. The highest BCUT2D eigenvalue weighted by molar-refractivity contribution is 6.31. The Labute approximate surface area is 139 Å². The van der Waals surface area contributed by atoms with Crippen LogP contribution in [0.5, 0.6) is 0 Å². The number of amides is 2. The van der Waals surface area contributed by atoms with E-state index < -0.39 is 0 Å². The summed E-state index contributed by atoms with van der Waals surface area (Å²) in [4.78, 5) is 18.1. The van der Waals surface area contributed by atoms with Gasteiger partial charge in [-0.15, -0.1) is 0 Å². The van der Waals surface area contributed by atoms with Gasteiger partial charge in [0, 0.05) is 24.2 Å². The molecule has 0 spiro atoms. The molecule has 1 aliphatic heterocycles. The fraction of sp³-hybridized carbons (Fsp3) is 0.400. The smallest absolute Gasteiger partial charge is 0.317 e. The standard InChI is InChI=1S/C15H18ClN5O2/c1-20-10-18-14(19-20)8-17-15(22)21-6-7-23-13(9-21)11-4-2-3-5-12(11)16/h2-5,10,13H,6-9H2,1H3,(H,17,22). The third-order valence-corrected chi connectivity index (χ3v) is 3.99. The molecule has 1 fully saturated rings. The average Bonchev–Trinajstić information content (AvgIpc) is 2.98. The number of aryl methyl sites for hydroxylation is 1. The fourth-order valence-electron chi connectivity index (χ4n) is 2.49. The van der Waals surface area contributed by atoms with Gasteiger partial charge in [-0.3, -0.25) is 4.68 Å². The molecule has 1 aromatic carbocycles. The van der Waals surface area contributed by atoms with Crippen LogP contribution < -0.4 is 5.32 Å². The van der Waals surface area contributed by atoms with Crippen LogP contribution in [0.15, 0.2) is 30.6 Å². The molecule has 7 nitrogen and oxygen atoms in total. The van der Waals surface area contributed by atoms with Crippen molar-refractivity contribution in [1.29, 1.82) is 0 Å². The maximum absolute atomic E-state index is 12.3. The van der Waals surface area contributed by atoms with Crippen LogP contribution in [0.1, 0.15) is 17.5 Å². The molecule has 1 aromatic heterocycles. The van der Waals surface area contributed by atoms with Gasteiger partial charge < -0.3 is 15.0 Å². The molecular weight excluding hydrogens is 318 g/mol. The minimum Gasteiger partial charge on any atom is -0.370 e. The predicted molar refractivity (Wildman–Crippen MR) is 85.0 cm³/mol. The molecule has 1 atom stereocenters. The summed E-state index contributed by atoms with van der Waals surface area (Å²) >= 11 is 6.21. The molecular formula is C15H18ClN5O2. The number of benzene rings is 1. The van der Waals surface area contributed by atoms with Crippen molar-refractivity contribution >= 4 is 17.6 Å². The zero-order chi connectivity index (χ0) is 16.2. The molecule has 1 saturated heterocycles. The van der Waals surface area contributed by atoms with E-state index in [2.05, 4.69) is 15.4 Å². The van der Waals surface area contributed by atoms with Crippen LogP contribution in [0.25, 0.3) is 0 Å². The molecule has 2 amide bonds. The number of nitrogens with zero attached hydrogens (tertiary/aromatic N) is 4. The van der Waals surface area contributed by atoms with E-state index >= 15 is 0 Å². The van der Waals surface area contributed by atoms with Crippen LogP contribution in [0, 0.1) is 0 Å². The summed E-state index contributed by atoms with van der Waals surface area (Å²) in [6.07, 6.45) is 1.39. The number of aromatic nitrogens is 3. The lowest BCUT2D eigenvalue weighted by Gasteiger charge is -2.33. The predicted octanol–water partition coefficient (Wildman–Crippen LogP) is 1.75. The lowest BCUT2D eigenvalue weighted by Crippen LogP contribution is -2.47. The first-order valence-electron chi connectivity index (χ1n) is 7.37. The SMILES string of the molecule is Cn1cnc(CNC(=O)N2CCOC(c3ccccc3Cl)C2)n1. The third kappa shape index (κ3) is 3.80. The van der Waals surface area contributed by atoms with E-state index in [0.29, 0.717) is 37.1 Å². The number of urea groups is 1. The van der Waals surface area contributed by atoms with Crippen LogP contribution in [-0.2, 0) is 18.3 Å². The van der Waals surface area contributed by atoms with Gasteiger partial charge in [-0.2, -0.15) is 5.10 Å². The zero-order valence-corrected chi connectivity index (χ0v) is 13.5. The van der Waals surface area contributed by atoms with Crippen molar-refractivity contribution in [3.8, 4) is 0 Å².